The van der Waals surface area contributed by atoms with Crippen LogP contribution in [-0.4, -0.2) is 15.7 Å². The van der Waals surface area contributed by atoms with Crippen molar-refractivity contribution in [3.63, 3.8) is 0 Å². The molecule has 2 aromatic rings. The Morgan fingerprint density at radius 2 is 2.05 bits per heavy atom. The lowest BCUT2D eigenvalue weighted by Crippen LogP contribution is -2.15. The lowest BCUT2D eigenvalue weighted by molar-refractivity contribution is 0.102. The molecule has 1 aromatic heterocycles. The van der Waals surface area contributed by atoms with E-state index in [0.29, 0.717) is 17.3 Å². The minimum Gasteiger partial charge on any atom is -0.383 e. The maximum atomic E-state index is 12.2. The van der Waals surface area contributed by atoms with Crippen LogP contribution in [0.5, 0.6) is 0 Å². The fourth-order valence-corrected chi connectivity index (χ4v) is 1.93. The molecule has 0 atom stereocenters. The molecule has 0 unspecified atom stereocenters. The molecule has 3 N–H and O–H groups in total. The van der Waals surface area contributed by atoms with Crippen molar-refractivity contribution in [1.82, 2.24) is 9.78 Å². The van der Waals surface area contributed by atoms with Gasteiger partial charge >= 0.3 is 0 Å². The summed E-state index contributed by atoms with van der Waals surface area (Å²) in [5, 5.41) is 6.86. The number of nitrogens with two attached hydrogens (primary N) is 1. The second-order valence-electron chi connectivity index (χ2n) is 4.76. The number of benzene rings is 1. The first-order chi connectivity index (χ1) is 9.00. The summed E-state index contributed by atoms with van der Waals surface area (Å²) in [6, 6.07) is 7.75. The first-order valence-corrected chi connectivity index (χ1v) is 6.18. The summed E-state index contributed by atoms with van der Waals surface area (Å²) in [5.74, 6) is 0.459. The standard InChI is InChI=1S/C14H18N4O/c1-9(2)10-6-4-5-7-12(10)17-14(19)11-8-16-18(3)13(11)15/h4-9H,15H2,1-3H3,(H,17,19). The molecule has 0 bridgehead atoms. The molecule has 0 aliphatic rings. The van der Waals surface area contributed by atoms with E-state index in [4.69, 9.17) is 5.73 Å². The number of carbonyl (C=O) groups is 1. The number of aromatic nitrogens is 2. The summed E-state index contributed by atoms with van der Waals surface area (Å²) >= 11 is 0. The van der Waals surface area contributed by atoms with Crippen LogP contribution in [0.1, 0.15) is 35.7 Å². The number of nitrogens with zero attached hydrogens (tertiary/aromatic N) is 2. The van der Waals surface area contributed by atoms with Crippen molar-refractivity contribution in [3.8, 4) is 0 Å². The molecule has 0 fully saturated rings. The van der Waals surface area contributed by atoms with Crippen LogP contribution in [0.15, 0.2) is 30.5 Å². The molecule has 5 heteroatoms. The highest BCUT2D eigenvalue weighted by Gasteiger charge is 2.15. The molecule has 0 radical (unpaired) electrons. The second-order valence-corrected chi connectivity index (χ2v) is 4.76. The molecule has 0 saturated heterocycles. The van der Waals surface area contributed by atoms with Crippen molar-refractivity contribution in [2.45, 2.75) is 19.8 Å². The Balaban J connectivity index is 2.27. The molecular weight excluding hydrogens is 240 g/mol. The van der Waals surface area contributed by atoms with Crippen molar-refractivity contribution in [3.05, 3.63) is 41.6 Å². The van der Waals surface area contributed by atoms with E-state index in [9.17, 15) is 4.79 Å². The maximum Gasteiger partial charge on any atom is 0.261 e. The number of para-hydroxylation sites is 1. The molecule has 1 aromatic carbocycles. The topological polar surface area (TPSA) is 72.9 Å². The minimum absolute atomic E-state index is 0.237. The zero-order valence-corrected chi connectivity index (χ0v) is 11.3. The van der Waals surface area contributed by atoms with Gasteiger partial charge in [-0.15, -0.1) is 0 Å². The number of nitrogens with one attached hydrogen (secondary N) is 1. The van der Waals surface area contributed by atoms with Crippen LogP contribution in [0, 0.1) is 0 Å². The lowest BCUT2D eigenvalue weighted by atomic mass is 10.0. The zero-order chi connectivity index (χ0) is 14.0. The van der Waals surface area contributed by atoms with E-state index < -0.39 is 0 Å². The first-order valence-electron chi connectivity index (χ1n) is 6.18. The zero-order valence-electron chi connectivity index (χ0n) is 11.3. The van der Waals surface area contributed by atoms with Gasteiger partial charge in [0.15, 0.2) is 0 Å². The average Bonchev–Trinajstić information content (AvgIpc) is 2.70. The van der Waals surface area contributed by atoms with Gasteiger partial charge in [0, 0.05) is 12.7 Å². The number of carbonyl (C=O) groups excluding carboxylic acids is 1. The normalized spacial score (nSPS) is 10.7. The third kappa shape index (κ3) is 2.59. The molecular formula is C14H18N4O. The van der Waals surface area contributed by atoms with Crippen LogP contribution in [0.4, 0.5) is 11.5 Å². The highest BCUT2D eigenvalue weighted by Crippen LogP contribution is 2.24. The lowest BCUT2D eigenvalue weighted by Gasteiger charge is -2.13. The number of aryl methyl sites for hydroxylation is 1. The van der Waals surface area contributed by atoms with E-state index in [0.717, 1.165) is 11.3 Å². The van der Waals surface area contributed by atoms with E-state index in [1.165, 1.54) is 10.9 Å². The number of hydrogen-bond donors (Lipinski definition) is 2. The van der Waals surface area contributed by atoms with Crippen molar-refractivity contribution in [1.29, 1.82) is 0 Å². The highest BCUT2D eigenvalue weighted by molar-refractivity contribution is 6.07. The Kier molecular flexibility index (Phi) is 3.55. The van der Waals surface area contributed by atoms with Gasteiger partial charge in [0.05, 0.1) is 6.20 Å². The summed E-state index contributed by atoms with van der Waals surface area (Å²) < 4.78 is 1.48. The van der Waals surface area contributed by atoms with Gasteiger partial charge in [-0.05, 0) is 17.5 Å². The van der Waals surface area contributed by atoms with Crippen LogP contribution in [-0.2, 0) is 7.05 Å². The van der Waals surface area contributed by atoms with Gasteiger partial charge in [0.25, 0.3) is 5.91 Å². The number of nitrogen functional groups attached to an aromatic ring is 1. The smallest absolute Gasteiger partial charge is 0.261 e. The number of amides is 1. The molecule has 0 aliphatic heterocycles. The van der Waals surface area contributed by atoms with Crippen molar-refractivity contribution < 1.29 is 4.79 Å². The molecule has 2 rings (SSSR count). The summed E-state index contributed by atoms with van der Waals surface area (Å²) in [6.07, 6.45) is 1.47. The summed E-state index contributed by atoms with van der Waals surface area (Å²) in [6.45, 7) is 4.17. The fourth-order valence-electron chi connectivity index (χ4n) is 1.93. The van der Waals surface area contributed by atoms with E-state index in [1.807, 2.05) is 24.3 Å². The van der Waals surface area contributed by atoms with Crippen LogP contribution in [0.25, 0.3) is 0 Å². The van der Waals surface area contributed by atoms with Crippen LogP contribution < -0.4 is 11.1 Å². The predicted octanol–water partition coefficient (Wildman–Crippen LogP) is 2.38. The molecule has 19 heavy (non-hydrogen) atoms. The third-order valence-corrected chi connectivity index (χ3v) is 3.06. The van der Waals surface area contributed by atoms with Gasteiger partial charge in [-0.25, -0.2) is 0 Å². The SMILES string of the molecule is CC(C)c1ccccc1NC(=O)c1cnn(C)c1N. The molecule has 1 amide bonds. The molecule has 100 valence electrons. The Morgan fingerprint density at radius 3 is 2.63 bits per heavy atom. The molecule has 0 saturated carbocycles. The van der Waals surface area contributed by atoms with Crippen LogP contribution in [0.3, 0.4) is 0 Å². The molecule has 5 nitrogen and oxygen atoms in total. The van der Waals surface area contributed by atoms with Crippen LogP contribution >= 0.6 is 0 Å². The first kappa shape index (κ1) is 13.1. The minimum atomic E-state index is -0.237. The third-order valence-electron chi connectivity index (χ3n) is 3.06. The van der Waals surface area contributed by atoms with Crippen molar-refractivity contribution >= 4 is 17.4 Å². The van der Waals surface area contributed by atoms with Gasteiger partial charge in [-0.3, -0.25) is 9.48 Å². The van der Waals surface area contributed by atoms with Crippen molar-refractivity contribution in [2.24, 2.45) is 7.05 Å². The van der Waals surface area contributed by atoms with E-state index >= 15 is 0 Å². The van der Waals surface area contributed by atoms with Crippen molar-refractivity contribution in [2.75, 3.05) is 11.1 Å². The highest BCUT2D eigenvalue weighted by atomic mass is 16.1. The van der Waals surface area contributed by atoms with Gasteiger partial charge in [-0.2, -0.15) is 5.10 Å². The number of hydrogen-bond acceptors (Lipinski definition) is 3. The molecule has 1 heterocycles. The second kappa shape index (κ2) is 5.14. The van der Waals surface area contributed by atoms with E-state index in [2.05, 4.69) is 24.3 Å². The van der Waals surface area contributed by atoms with Gasteiger partial charge in [0.2, 0.25) is 0 Å². The van der Waals surface area contributed by atoms with Crippen LogP contribution in [0.2, 0.25) is 0 Å². The van der Waals surface area contributed by atoms with Gasteiger partial charge < -0.3 is 11.1 Å². The number of anilines is 2. The Morgan fingerprint density at radius 1 is 1.37 bits per heavy atom. The number of rotatable bonds is 3. The quantitative estimate of drug-likeness (QED) is 0.887. The Labute approximate surface area is 112 Å². The molecule has 0 spiro atoms. The van der Waals surface area contributed by atoms with Gasteiger partial charge in [0.1, 0.15) is 11.4 Å². The monoisotopic (exact) mass is 258 g/mol. The average molecular weight is 258 g/mol. The summed E-state index contributed by atoms with van der Waals surface area (Å²) in [7, 11) is 1.70. The Hall–Kier alpha value is -2.30. The van der Waals surface area contributed by atoms with E-state index in [-0.39, 0.29) is 5.91 Å². The van der Waals surface area contributed by atoms with E-state index in [1.54, 1.807) is 7.05 Å². The maximum absolute atomic E-state index is 12.2. The fraction of sp³-hybridized carbons (Fsp3) is 0.286. The Bertz CT molecular complexity index is 601. The van der Waals surface area contributed by atoms with Gasteiger partial charge in [-0.1, -0.05) is 32.0 Å². The molecule has 0 aliphatic carbocycles. The predicted molar refractivity (Wildman–Crippen MR) is 76.1 cm³/mol. The largest absolute Gasteiger partial charge is 0.383 e. The summed E-state index contributed by atoms with van der Waals surface area (Å²) in [5.41, 5.74) is 8.09. The summed E-state index contributed by atoms with van der Waals surface area (Å²) in [4.78, 5) is 12.2.